The van der Waals surface area contributed by atoms with Crippen LogP contribution in [-0.2, 0) is 17.6 Å². The second-order valence-corrected chi connectivity index (χ2v) is 5.74. The Morgan fingerprint density at radius 1 is 1.33 bits per heavy atom. The van der Waals surface area contributed by atoms with Gasteiger partial charge >= 0.3 is 0 Å². The maximum atomic E-state index is 12.3. The van der Waals surface area contributed by atoms with Gasteiger partial charge in [0, 0.05) is 12.2 Å². The summed E-state index contributed by atoms with van der Waals surface area (Å²) in [7, 11) is 0. The number of anilines is 1. The Labute approximate surface area is 127 Å². The molecule has 1 saturated heterocycles. The molecule has 4 heteroatoms. The standard InChI is InChI=1S/C17H26N2O2/c1-3-13-7-5-8-14(4-2)17(13)18-16(21)12-19-10-6-9-15(20)11-19/h5,7-8,15,20H,3-4,6,9-12H2,1-2H3,(H,18,21). The van der Waals surface area contributed by atoms with Crippen LogP contribution < -0.4 is 5.32 Å². The number of hydrogen-bond donors (Lipinski definition) is 2. The van der Waals surface area contributed by atoms with Crippen LogP contribution in [0.5, 0.6) is 0 Å². The van der Waals surface area contributed by atoms with Gasteiger partial charge in [0.1, 0.15) is 0 Å². The maximum Gasteiger partial charge on any atom is 0.238 e. The number of aryl methyl sites for hydroxylation is 2. The zero-order valence-electron chi connectivity index (χ0n) is 13.1. The van der Waals surface area contributed by atoms with Crippen molar-refractivity contribution in [3.05, 3.63) is 29.3 Å². The van der Waals surface area contributed by atoms with Gasteiger partial charge in [0.05, 0.1) is 12.6 Å². The molecule has 1 heterocycles. The Morgan fingerprint density at radius 2 is 2.00 bits per heavy atom. The average Bonchev–Trinajstić information content (AvgIpc) is 2.47. The number of nitrogens with zero attached hydrogens (tertiary/aromatic N) is 1. The van der Waals surface area contributed by atoms with Gasteiger partial charge in [-0.3, -0.25) is 9.69 Å². The molecule has 1 aliphatic rings. The molecule has 1 atom stereocenters. The fourth-order valence-electron chi connectivity index (χ4n) is 2.96. The normalized spacial score (nSPS) is 19.5. The molecule has 1 aliphatic heterocycles. The summed E-state index contributed by atoms with van der Waals surface area (Å²) in [5.41, 5.74) is 3.34. The lowest BCUT2D eigenvalue weighted by atomic mass is 10.0. The van der Waals surface area contributed by atoms with Crippen LogP contribution in [0.3, 0.4) is 0 Å². The third-order valence-corrected chi connectivity index (χ3v) is 4.11. The summed E-state index contributed by atoms with van der Waals surface area (Å²) < 4.78 is 0. The Kier molecular flexibility index (Phi) is 5.76. The minimum atomic E-state index is -0.291. The summed E-state index contributed by atoms with van der Waals surface area (Å²) in [6.07, 6.45) is 3.33. The van der Waals surface area contributed by atoms with Crippen LogP contribution in [-0.4, -0.2) is 41.7 Å². The number of hydrogen-bond acceptors (Lipinski definition) is 3. The van der Waals surface area contributed by atoms with Gasteiger partial charge in [0.15, 0.2) is 0 Å². The highest BCUT2D eigenvalue weighted by molar-refractivity contribution is 5.93. The van der Waals surface area contributed by atoms with E-state index in [1.54, 1.807) is 0 Å². The van der Waals surface area contributed by atoms with E-state index in [0.717, 1.165) is 37.9 Å². The maximum absolute atomic E-state index is 12.3. The number of likely N-dealkylation sites (tertiary alicyclic amines) is 1. The van der Waals surface area contributed by atoms with Gasteiger partial charge in [-0.1, -0.05) is 32.0 Å². The van der Waals surface area contributed by atoms with E-state index in [4.69, 9.17) is 0 Å². The Morgan fingerprint density at radius 3 is 2.57 bits per heavy atom. The molecular formula is C17H26N2O2. The van der Waals surface area contributed by atoms with Crippen molar-refractivity contribution in [1.82, 2.24) is 4.90 Å². The zero-order valence-corrected chi connectivity index (χ0v) is 13.1. The van der Waals surface area contributed by atoms with Crippen molar-refractivity contribution in [3.8, 4) is 0 Å². The van der Waals surface area contributed by atoms with E-state index >= 15 is 0 Å². The Balaban J connectivity index is 2.02. The van der Waals surface area contributed by atoms with E-state index < -0.39 is 0 Å². The van der Waals surface area contributed by atoms with Crippen LogP contribution in [0.25, 0.3) is 0 Å². The third-order valence-electron chi connectivity index (χ3n) is 4.11. The molecule has 1 aromatic rings. The molecular weight excluding hydrogens is 264 g/mol. The monoisotopic (exact) mass is 290 g/mol. The molecule has 0 radical (unpaired) electrons. The highest BCUT2D eigenvalue weighted by atomic mass is 16.3. The van der Waals surface area contributed by atoms with E-state index in [9.17, 15) is 9.90 Å². The van der Waals surface area contributed by atoms with Crippen molar-refractivity contribution in [2.45, 2.75) is 45.6 Å². The molecule has 0 spiro atoms. The Bertz CT molecular complexity index is 465. The summed E-state index contributed by atoms with van der Waals surface area (Å²) in [6.45, 7) is 6.05. The molecule has 21 heavy (non-hydrogen) atoms. The van der Waals surface area contributed by atoms with Crippen LogP contribution in [0.2, 0.25) is 0 Å². The highest BCUT2D eigenvalue weighted by Crippen LogP contribution is 2.22. The number of aliphatic hydroxyl groups is 1. The van der Waals surface area contributed by atoms with Crippen molar-refractivity contribution in [2.75, 3.05) is 25.0 Å². The van der Waals surface area contributed by atoms with E-state index in [1.165, 1.54) is 11.1 Å². The number of carbonyl (C=O) groups is 1. The van der Waals surface area contributed by atoms with Gasteiger partial charge in [-0.25, -0.2) is 0 Å². The first kappa shape index (κ1) is 16.0. The second kappa shape index (κ2) is 7.57. The predicted molar refractivity (Wildman–Crippen MR) is 85.5 cm³/mol. The number of benzene rings is 1. The molecule has 0 aliphatic carbocycles. The molecule has 116 valence electrons. The molecule has 0 bridgehead atoms. The minimum Gasteiger partial charge on any atom is -0.392 e. The lowest BCUT2D eigenvalue weighted by Crippen LogP contribution is -2.42. The van der Waals surface area contributed by atoms with E-state index in [1.807, 2.05) is 11.0 Å². The third kappa shape index (κ3) is 4.29. The van der Waals surface area contributed by atoms with Crippen molar-refractivity contribution >= 4 is 11.6 Å². The van der Waals surface area contributed by atoms with E-state index in [-0.39, 0.29) is 12.0 Å². The van der Waals surface area contributed by atoms with Gasteiger partial charge in [-0.05, 0) is 43.4 Å². The Hall–Kier alpha value is -1.39. The highest BCUT2D eigenvalue weighted by Gasteiger charge is 2.20. The van der Waals surface area contributed by atoms with Crippen LogP contribution >= 0.6 is 0 Å². The van der Waals surface area contributed by atoms with Gasteiger partial charge in [-0.2, -0.15) is 0 Å². The number of rotatable bonds is 5. The van der Waals surface area contributed by atoms with Gasteiger partial charge in [0.2, 0.25) is 5.91 Å². The number of para-hydroxylation sites is 1. The first-order valence-corrected chi connectivity index (χ1v) is 7.95. The fourth-order valence-corrected chi connectivity index (χ4v) is 2.96. The van der Waals surface area contributed by atoms with E-state index in [2.05, 4.69) is 31.3 Å². The zero-order chi connectivity index (χ0) is 15.2. The number of β-amino-alcohol motifs (C(OH)–C–C–N with tert-alkyl or cyclic N) is 1. The van der Waals surface area contributed by atoms with E-state index in [0.29, 0.717) is 13.1 Å². The van der Waals surface area contributed by atoms with Crippen LogP contribution in [0.4, 0.5) is 5.69 Å². The number of aliphatic hydroxyl groups excluding tert-OH is 1. The summed E-state index contributed by atoms with van der Waals surface area (Å²) >= 11 is 0. The first-order valence-electron chi connectivity index (χ1n) is 7.95. The molecule has 4 nitrogen and oxygen atoms in total. The molecule has 2 N–H and O–H groups in total. The molecule has 1 fully saturated rings. The molecule has 0 aromatic heterocycles. The van der Waals surface area contributed by atoms with Crippen LogP contribution in [0.1, 0.15) is 37.8 Å². The lowest BCUT2D eigenvalue weighted by molar-refractivity contribution is -0.118. The predicted octanol–water partition coefficient (Wildman–Crippen LogP) is 2.21. The van der Waals surface area contributed by atoms with Gasteiger partial charge < -0.3 is 10.4 Å². The topological polar surface area (TPSA) is 52.6 Å². The quantitative estimate of drug-likeness (QED) is 0.874. The summed E-state index contributed by atoms with van der Waals surface area (Å²) in [6, 6.07) is 6.19. The number of carbonyl (C=O) groups excluding carboxylic acids is 1. The molecule has 1 unspecified atom stereocenters. The summed E-state index contributed by atoms with van der Waals surface area (Å²) in [4.78, 5) is 14.3. The SMILES string of the molecule is CCc1cccc(CC)c1NC(=O)CN1CCCC(O)C1. The van der Waals surface area contributed by atoms with Crippen molar-refractivity contribution in [2.24, 2.45) is 0 Å². The number of amides is 1. The minimum absolute atomic E-state index is 0.0136. The van der Waals surface area contributed by atoms with Crippen LogP contribution in [0, 0.1) is 0 Å². The molecule has 1 amide bonds. The molecule has 2 rings (SSSR count). The molecule has 1 aromatic carbocycles. The fraction of sp³-hybridized carbons (Fsp3) is 0.588. The summed E-state index contributed by atoms with van der Waals surface area (Å²) in [5.74, 6) is 0.0136. The lowest BCUT2D eigenvalue weighted by Gasteiger charge is -2.29. The smallest absolute Gasteiger partial charge is 0.238 e. The number of nitrogens with one attached hydrogen (secondary N) is 1. The van der Waals surface area contributed by atoms with Crippen molar-refractivity contribution in [3.63, 3.8) is 0 Å². The van der Waals surface area contributed by atoms with Crippen LogP contribution in [0.15, 0.2) is 18.2 Å². The van der Waals surface area contributed by atoms with Gasteiger partial charge in [0.25, 0.3) is 0 Å². The van der Waals surface area contributed by atoms with Crippen molar-refractivity contribution in [1.29, 1.82) is 0 Å². The summed E-state index contributed by atoms with van der Waals surface area (Å²) in [5, 5.41) is 12.8. The van der Waals surface area contributed by atoms with Crippen molar-refractivity contribution < 1.29 is 9.90 Å². The molecule has 0 saturated carbocycles. The second-order valence-electron chi connectivity index (χ2n) is 5.74. The first-order chi connectivity index (χ1) is 10.1. The van der Waals surface area contributed by atoms with Gasteiger partial charge in [-0.15, -0.1) is 0 Å². The number of piperidine rings is 1. The average molecular weight is 290 g/mol. The largest absolute Gasteiger partial charge is 0.392 e.